The first-order chi connectivity index (χ1) is 11.4. The van der Waals surface area contributed by atoms with Crippen LogP contribution >= 0.6 is 0 Å². The van der Waals surface area contributed by atoms with E-state index in [2.05, 4.69) is 5.10 Å². The predicted octanol–water partition coefficient (Wildman–Crippen LogP) is 3.23. The third kappa shape index (κ3) is 3.47. The molecule has 24 heavy (non-hydrogen) atoms. The van der Waals surface area contributed by atoms with Gasteiger partial charge in [0.15, 0.2) is 0 Å². The highest BCUT2D eigenvalue weighted by molar-refractivity contribution is 5.33. The number of aromatic nitrogens is 2. The summed E-state index contributed by atoms with van der Waals surface area (Å²) < 4.78 is 41.7. The largest absolute Gasteiger partial charge is 0.416 e. The van der Waals surface area contributed by atoms with Crippen LogP contribution in [0.5, 0.6) is 0 Å². The Morgan fingerprint density at radius 2 is 2.04 bits per heavy atom. The van der Waals surface area contributed by atoms with E-state index in [0.717, 1.165) is 18.2 Å². The Morgan fingerprint density at radius 3 is 2.71 bits per heavy atom. The number of nitrogens with zero attached hydrogens (tertiary/aromatic N) is 3. The van der Waals surface area contributed by atoms with Gasteiger partial charge in [-0.15, -0.1) is 0 Å². The summed E-state index contributed by atoms with van der Waals surface area (Å²) in [6.45, 7) is 3.53. The summed E-state index contributed by atoms with van der Waals surface area (Å²) in [5.41, 5.74) is 0.531. The lowest BCUT2D eigenvalue weighted by molar-refractivity contribution is -0.138. The van der Waals surface area contributed by atoms with Crippen LogP contribution in [0.2, 0.25) is 0 Å². The van der Waals surface area contributed by atoms with Crippen molar-refractivity contribution in [2.45, 2.75) is 44.8 Å². The molecule has 3 rings (SSSR count). The zero-order chi connectivity index (χ0) is 17.3. The van der Waals surface area contributed by atoms with Gasteiger partial charge in [0, 0.05) is 37.4 Å². The van der Waals surface area contributed by atoms with Gasteiger partial charge in [0.1, 0.15) is 0 Å². The number of hydrogen-bond donors (Lipinski definition) is 1. The molecule has 0 bridgehead atoms. The summed E-state index contributed by atoms with van der Waals surface area (Å²) in [7, 11) is 0. The number of likely N-dealkylation sites (tertiary alicyclic amines) is 1. The fourth-order valence-corrected chi connectivity index (χ4v) is 3.32. The number of aliphatic hydroxyl groups is 1. The van der Waals surface area contributed by atoms with E-state index in [9.17, 15) is 18.3 Å². The smallest absolute Gasteiger partial charge is 0.392 e. The molecule has 1 aliphatic rings. The van der Waals surface area contributed by atoms with Gasteiger partial charge in [-0.3, -0.25) is 9.58 Å². The Kier molecular flexibility index (Phi) is 4.64. The monoisotopic (exact) mass is 339 g/mol. The van der Waals surface area contributed by atoms with Crippen molar-refractivity contribution in [1.29, 1.82) is 0 Å². The molecule has 7 heteroatoms. The second kappa shape index (κ2) is 6.57. The first-order valence-electron chi connectivity index (χ1n) is 7.98. The van der Waals surface area contributed by atoms with E-state index in [1.165, 1.54) is 12.1 Å². The lowest BCUT2D eigenvalue weighted by atomic mass is 9.97. The van der Waals surface area contributed by atoms with Crippen molar-refractivity contribution >= 4 is 0 Å². The molecule has 0 spiro atoms. The molecule has 1 saturated heterocycles. The highest BCUT2D eigenvalue weighted by Crippen LogP contribution is 2.40. The quantitative estimate of drug-likeness (QED) is 0.930. The molecular weight excluding hydrogens is 319 g/mol. The minimum atomic E-state index is -4.40. The molecule has 2 heterocycles. The van der Waals surface area contributed by atoms with Crippen molar-refractivity contribution in [2.24, 2.45) is 0 Å². The molecule has 2 atom stereocenters. The van der Waals surface area contributed by atoms with Crippen molar-refractivity contribution < 1.29 is 18.3 Å². The Morgan fingerprint density at radius 1 is 1.29 bits per heavy atom. The summed E-state index contributed by atoms with van der Waals surface area (Å²) in [5.74, 6) is 0. The third-order valence-electron chi connectivity index (χ3n) is 4.40. The van der Waals surface area contributed by atoms with E-state index < -0.39 is 23.9 Å². The molecule has 0 amide bonds. The SMILES string of the molecule is CCn1cc(CN2CC(O)CC2c2ccccc2C(F)(F)F)cn1. The van der Waals surface area contributed by atoms with Crippen molar-refractivity contribution in [1.82, 2.24) is 14.7 Å². The van der Waals surface area contributed by atoms with Gasteiger partial charge in [0.25, 0.3) is 0 Å². The topological polar surface area (TPSA) is 41.3 Å². The van der Waals surface area contributed by atoms with E-state index in [4.69, 9.17) is 0 Å². The van der Waals surface area contributed by atoms with E-state index in [-0.39, 0.29) is 5.56 Å². The highest BCUT2D eigenvalue weighted by Gasteiger charge is 2.39. The van der Waals surface area contributed by atoms with Crippen LogP contribution in [0.1, 0.15) is 36.1 Å². The maximum absolute atomic E-state index is 13.3. The Bertz CT molecular complexity index is 698. The molecule has 1 N–H and O–H groups in total. The summed E-state index contributed by atoms with van der Waals surface area (Å²) in [6, 6.07) is 5.17. The van der Waals surface area contributed by atoms with Crippen molar-refractivity contribution in [3.05, 3.63) is 53.3 Å². The molecule has 1 aromatic heterocycles. The van der Waals surface area contributed by atoms with Crippen LogP contribution in [0.25, 0.3) is 0 Å². The van der Waals surface area contributed by atoms with E-state index in [1.807, 2.05) is 18.0 Å². The second-order valence-electron chi connectivity index (χ2n) is 6.12. The fourth-order valence-electron chi connectivity index (χ4n) is 3.32. The van der Waals surface area contributed by atoms with Crippen LogP contribution < -0.4 is 0 Å². The Balaban J connectivity index is 1.88. The van der Waals surface area contributed by atoms with Gasteiger partial charge in [-0.1, -0.05) is 18.2 Å². The number of hydrogen-bond acceptors (Lipinski definition) is 3. The number of aryl methyl sites for hydroxylation is 1. The van der Waals surface area contributed by atoms with Crippen molar-refractivity contribution in [2.75, 3.05) is 6.54 Å². The van der Waals surface area contributed by atoms with Gasteiger partial charge in [0.2, 0.25) is 0 Å². The van der Waals surface area contributed by atoms with E-state index >= 15 is 0 Å². The van der Waals surface area contributed by atoms with Gasteiger partial charge in [-0.2, -0.15) is 18.3 Å². The predicted molar refractivity (Wildman–Crippen MR) is 83.1 cm³/mol. The summed E-state index contributed by atoms with van der Waals surface area (Å²) in [4.78, 5) is 1.90. The Labute approximate surface area is 138 Å². The maximum atomic E-state index is 13.3. The normalized spacial score (nSPS) is 22.2. The molecule has 130 valence electrons. The number of aliphatic hydroxyl groups excluding tert-OH is 1. The first kappa shape index (κ1) is 17.0. The number of alkyl halides is 3. The van der Waals surface area contributed by atoms with Crippen molar-refractivity contribution in [3.63, 3.8) is 0 Å². The minimum absolute atomic E-state index is 0.226. The number of β-amino-alcohol motifs (C(OH)–C–C–N with tert-alkyl or cyclic N) is 1. The summed E-state index contributed by atoms with van der Waals surface area (Å²) in [5, 5.41) is 14.2. The van der Waals surface area contributed by atoms with Crippen molar-refractivity contribution in [3.8, 4) is 0 Å². The third-order valence-corrected chi connectivity index (χ3v) is 4.40. The van der Waals surface area contributed by atoms with Crippen LogP contribution in [-0.4, -0.2) is 32.4 Å². The molecule has 0 saturated carbocycles. The zero-order valence-electron chi connectivity index (χ0n) is 13.4. The van der Waals surface area contributed by atoms with Gasteiger partial charge in [0.05, 0.1) is 17.9 Å². The standard InChI is InChI=1S/C17H20F3N3O/c1-2-23-10-12(8-21-23)9-22-11-13(24)7-16(22)14-5-3-4-6-15(14)17(18,19)20/h3-6,8,10,13,16,24H,2,7,9,11H2,1H3. The van der Waals surface area contributed by atoms with Crippen LogP contribution in [0, 0.1) is 0 Å². The summed E-state index contributed by atoms with van der Waals surface area (Å²) in [6.07, 6.45) is -1.12. The van der Waals surface area contributed by atoms with E-state index in [0.29, 0.717) is 19.5 Å². The fraction of sp³-hybridized carbons (Fsp3) is 0.471. The molecule has 1 fully saturated rings. The second-order valence-corrected chi connectivity index (χ2v) is 6.12. The van der Waals surface area contributed by atoms with Gasteiger partial charge in [-0.25, -0.2) is 0 Å². The Hall–Kier alpha value is -1.86. The summed E-state index contributed by atoms with van der Waals surface area (Å²) >= 11 is 0. The average molecular weight is 339 g/mol. The van der Waals surface area contributed by atoms with Crippen LogP contribution in [0.4, 0.5) is 13.2 Å². The van der Waals surface area contributed by atoms with E-state index in [1.54, 1.807) is 16.9 Å². The van der Waals surface area contributed by atoms with Crippen LogP contribution in [0.15, 0.2) is 36.7 Å². The number of benzene rings is 1. The molecule has 2 aromatic rings. The average Bonchev–Trinajstić information content (AvgIpc) is 3.13. The molecule has 0 radical (unpaired) electrons. The van der Waals surface area contributed by atoms with Gasteiger partial charge < -0.3 is 5.11 Å². The zero-order valence-corrected chi connectivity index (χ0v) is 13.4. The van der Waals surface area contributed by atoms with Crippen LogP contribution in [-0.2, 0) is 19.3 Å². The number of halogens is 3. The van der Waals surface area contributed by atoms with Gasteiger partial charge >= 0.3 is 6.18 Å². The highest BCUT2D eigenvalue weighted by atomic mass is 19.4. The molecule has 1 aliphatic heterocycles. The maximum Gasteiger partial charge on any atom is 0.416 e. The van der Waals surface area contributed by atoms with Crippen LogP contribution in [0.3, 0.4) is 0 Å². The lowest BCUT2D eigenvalue weighted by Crippen LogP contribution is -2.25. The van der Waals surface area contributed by atoms with Gasteiger partial charge in [-0.05, 0) is 25.0 Å². The number of rotatable bonds is 4. The molecule has 2 unspecified atom stereocenters. The molecule has 4 nitrogen and oxygen atoms in total. The lowest BCUT2D eigenvalue weighted by Gasteiger charge is -2.26. The molecule has 0 aliphatic carbocycles. The molecular formula is C17H20F3N3O. The minimum Gasteiger partial charge on any atom is -0.392 e. The first-order valence-corrected chi connectivity index (χ1v) is 7.98. The molecule has 1 aromatic carbocycles.